The summed E-state index contributed by atoms with van der Waals surface area (Å²) in [6.45, 7) is 4.05. The van der Waals surface area contributed by atoms with E-state index in [1.165, 1.54) is 0 Å². The Morgan fingerprint density at radius 2 is 1.17 bits per heavy atom. The molecule has 0 aliphatic carbocycles. The van der Waals surface area contributed by atoms with E-state index in [0.29, 0.717) is 10.1 Å². The summed E-state index contributed by atoms with van der Waals surface area (Å²) >= 11 is 12.4. The first-order valence-electron chi connectivity index (χ1n) is 7.48. The van der Waals surface area contributed by atoms with Crippen molar-refractivity contribution >= 4 is 45.7 Å². The smallest absolute Gasteiger partial charge is 0.0510 e. The first-order valence-corrected chi connectivity index (χ1v) is 8.24. The second kappa shape index (κ2) is 9.21. The number of nitrogens with zero attached hydrogens (tertiary/aromatic N) is 2. The average Bonchev–Trinajstić information content (AvgIpc) is 2.57. The van der Waals surface area contributed by atoms with Crippen LogP contribution in [0.2, 0.25) is 0 Å². The fourth-order valence-corrected chi connectivity index (χ4v) is 2.40. The van der Waals surface area contributed by atoms with Gasteiger partial charge in [0.1, 0.15) is 0 Å². The molecule has 2 aromatic rings. The third-order valence-corrected chi connectivity index (χ3v) is 3.92. The van der Waals surface area contributed by atoms with Crippen molar-refractivity contribution in [1.82, 2.24) is 0 Å². The number of allylic oxidation sites excluding steroid dienone is 2. The summed E-state index contributed by atoms with van der Waals surface area (Å²) in [4.78, 5) is 0. The van der Waals surface area contributed by atoms with Crippen molar-refractivity contribution in [2.45, 2.75) is 13.8 Å². The van der Waals surface area contributed by atoms with Crippen LogP contribution in [0.3, 0.4) is 0 Å². The highest BCUT2D eigenvalue weighted by Crippen LogP contribution is 2.19. The standard InChI is InChI=1S/C20H18Cl2N2/c1-15-5-3-7-17(13-15)19(21)9-11-23-24-12-10-20(22)18-8-4-6-16(2)14-18/h3-14H,1-2H3/b19-9-,20-10-,23-11-,24-12-. The van der Waals surface area contributed by atoms with Crippen LogP contribution in [0.25, 0.3) is 10.1 Å². The van der Waals surface area contributed by atoms with Gasteiger partial charge in [-0.05, 0) is 37.1 Å². The van der Waals surface area contributed by atoms with Gasteiger partial charge in [-0.1, -0.05) is 82.9 Å². The van der Waals surface area contributed by atoms with Crippen LogP contribution in [0.1, 0.15) is 22.3 Å². The van der Waals surface area contributed by atoms with Crippen molar-refractivity contribution in [1.29, 1.82) is 0 Å². The van der Waals surface area contributed by atoms with Gasteiger partial charge in [-0.25, -0.2) is 0 Å². The lowest BCUT2D eigenvalue weighted by Crippen LogP contribution is -1.80. The van der Waals surface area contributed by atoms with Crippen LogP contribution in [-0.2, 0) is 0 Å². The molecule has 0 N–H and O–H groups in total. The molecule has 4 heteroatoms. The maximum Gasteiger partial charge on any atom is 0.0510 e. The monoisotopic (exact) mass is 356 g/mol. The van der Waals surface area contributed by atoms with Gasteiger partial charge >= 0.3 is 0 Å². The van der Waals surface area contributed by atoms with Crippen LogP contribution < -0.4 is 0 Å². The van der Waals surface area contributed by atoms with E-state index in [4.69, 9.17) is 23.2 Å². The van der Waals surface area contributed by atoms with E-state index < -0.39 is 0 Å². The highest BCUT2D eigenvalue weighted by molar-refractivity contribution is 6.50. The Balaban J connectivity index is 1.97. The molecule has 0 fully saturated rings. The van der Waals surface area contributed by atoms with Gasteiger partial charge in [-0.2, -0.15) is 10.2 Å². The normalized spacial score (nSPS) is 13.2. The first kappa shape index (κ1) is 18.2. The number of aryl methyl sites for hydroxylation is 2. The van der Waals surface area contributed by atoms with E-state index in [2.05, 4.69) is 10.2 Å². The number of benzene rings is 2. The van der Waals surface area contributed by atoms with Gasteiger partial charge in [-0.15, -0.1) is 0 Å². The number of halogens is 2. The molecule has 0 aromatic heterocycles. The van der Waals surface area contributed by atoms with Gasteiger partial charge in [0.15, 0.2) is 0 Å². The molecule has 0 spiro atoms. The van der Waals surface area contributed by atoms with Gasteiger partial charge in [0.2, 0.25) is 0 Å². The van der Waals surface area contributed by atoms with E-state index in [9.17, 15) is 0 Å². The minimum atomic E-state index is 0.617. The third-order valence-electron chi connectivity index (χ3n) is 3.23. The van der Waals surface area contributed by atoms with Crippen molar-refractivity contribution in [2.75, 3.05) is 0 Å². The summed E-state index contributed by atoms with van der Waals surface area (Å²) in [5.41, 5.74) is 4.22. The Hall–Kier alpha value is -2.16. The molecule has 0 bridgehead atoms. The molecule has 0 aliphatic rings. The maximum atomic E-state index is 6.22. The second-order valence-corrected chi connectivity index (χ2v) is 6.11. The summed E-state index contributed by atoms with van der Waals surface area (Å²) in [6.07, 6.45) is 6.52. The zero-order valence-corrected chi connectivity index (χ0v) is 15.1. The Bertz CT molecular complexity index is 748. The molecule has 0 radical (unpaired) electrons. The van der Waals surface area contributed by atoms with Crippen molar-refractivity contribution in [3.05, 3.63) is 82.9 Å². The maximum absolute atomic E-state index is 6.22. The zero-order valence-electron chi connectivity index (χ0n) is 13.6. The lowest BCUT2D eigenvalue weighted by molar-refractivity contribution is 1.27. The van der Waals surface area contributed by atoms with Crippen molar-refractivity contribution < 1.29 is 0 Å². The minimum absolute atomic E-state index is 0.617. The predicted molar refractivity (Wildman–Crippen MR) is 107 cm³/mol. The fourth-order valence-electron chi connectivity index (χ4n) is 2.05. The molecule has 2 nitrogen and oxygen atoms in total. The predicted octanol–water partition coefficient (Wildman–Crippen LogP) is 6.22. The second-order valence-electron chi connectivity index (χ2n) is 5.30. The zero-order chi connectivity index (χ0) is 17.4. The number of hydrogen-bond acceptors (Lipinski definition) is 2. The van der Waals surface area contributed by atoms with Crippen LogP contribution in [0.5, 0.6) is 0 Å². The lowest BCUT2D eigenvalue weighted by Gasteiger charge is -1.99. The summed E-state index contributed by atoms with van der Waals surface area (Å²) in [5.74, 6) is 0. The molecule has 0 heterocycles. The molecule has 0 saturated heterocycles. The molecule has 24 heavy (non-hydrogen) atoms. The summed E-state index contributed by atoms with van der Waals surface area (Å²) in [7, 11) is 0. The Morgan fingerprint density at radius 3 is 1.54 bits per heavy atom. The molecule has 0 atom stereocenters. The largest absolute Gasteiger partial charge is 0.159 e. The van der Waals surface area contributed by atoms with Crippen LogP contribution in [0.4, 0.5) is 0 Å². The van der Waals surface area contributed by atoms with E-state index in [1.807, 2.05) is 62.4 Å². The van der Waals surface area contributed by atoms with Crippen molar-refractivity contribution in [2.24, 2.45) is 10.2 Å². The Morgan fingerprint density at radius 1 is 0.750 bits per heavy atom. The van der Waals surface area contributed by atoms with Crippen LogP contribution in [0, 0.1) is 13.8 Å². The molecule has 2 aromatic carbocycles. The molecule has 0 saturated carbocycles. The number of hydrogen-bond donors (Lipinski definition) is 0. The highest BCUT2D eigenvalue weighted by Gasteiger charge is 1.97. The topological polar surface area (TPSA) is 24.7 Å². The van der Waals surface area contributed by atoms with E-state index in [0.717, 1.165) is 22.3 Å². The SMILES string of the molecule is Cc1cccc(/C(Cl)=C/C=N\N=C/C=C(\Cl)c2cccc(C)c2)c1. The van der Waals surface area contributed by atoms with Gasteiger partial charge in [0.05, 0.1) is 12.4 Å². The van der Waals surface area contributed by atoms with E-state index in [1.54, 1.807) is 24.6 Å². The first-order chi connectivity index (χ1) is 11.6. The number of rotatable bonds is 5. The van der Waals surface area contributed by atoms with Crippen molar-refractivity contribution in [3.63, 3.8) is 0 Å². The molecular weight excluding hydrogens is 339 g/mol. The summed E-state index contributed by atoms with van der Waals surface area (Å²) < 4.78 is 0. The van der Waals surface area contributed by atoms with Gasteiger partial charge < -0.3 is 0 Å². The van der Waals surface area contributed by atoms with Crippen LogP contribution in [0.15, 0.2) is 70.9 Å². The Labute approximate surface area is 152 Å². The van der Waals surface area contributed by atoms with E-state index in [-0.39, 0.29) is 0 Å². The quantitative estimate of drug-likeness (QED) is 0.448. The van der Waals surface area contributed by atoms with Gasteiger partial charge in [-0.3, -0.25) is 0 Å². The molecule has 2 rings (SSSR count). The van der Waals surface area contributed by atoms with Crippen LogP contribution >= 0.6 is 23.2 Å². The lowest BCUT2D eigenvalue weighted by atomic mass is 10.1. The van der Waals surface area contributed by atoms with Gasteiger partial charge in [0, 0.05) is 10.1 Å². The van der Waals surface area contributed by atoms with Crippen molar-refractivity contribution in [3.8, 4) is 0 Å². The van der Waals surface area contributed by atoms with Crippen LogP contribution in [-0.4, -0.2) is 12.4 Å². The molecule has 122 valence electrons. The minimum Gasteiger partial charge on any atom is -0.159 e. The van der Waals surface area contributed by atoms with Gasteiger partial charge in [0.25, 0.3) is 0 Å². The summed E-state index contributed by atoms with van der Waals surface area (Å²) in [6, 6.07) is 15.9. The molecule has 0 unspecified atom stereocenters. The molecular formula is C20H18Cl2N2. The molecule has 0 amide bonds. The fraction of sp³-hybridized carbons (Fsp3) is 0.100. The Kier molecular flexibility index (Phi) is 6.98. The highest BCUT2D eigenvalue weighted by atomic mass is 35.5. The molecule has 0 aliphatic heterocycles. The summed E-state index contributed by atoms with van der Waals surface area (Å²) in [5, 5.41) is 9.08. The van der Waals surface area contributed by atoms with E-state index >= 15 is 0 Å². The third kappa shape index (κ3) is 5.80. The average molecular weight is 357 g/mol.